The summed E-state index contributed by atoms with van der Waals surface area (Å²) in [7, 11) is 1.56. The fourth-order valence-electron chi connectivity index (χ4n) is 0.907. The van der Waals surface area contributed by atoms with Crippen molar-refractivity contribution in [2.75, 3.05) is 12.5 Å². The van der Waals surface area contributed by atoms with Gasteiger partial charge in [-0.2, -0.15) is 0 Å². The van der Waals surface area contributed by atoms with Gasteiger partial charge in [-0.3, -0.25) is 10.9 Å². The fourth-order valence-corrected chi connectivity index (χ4v) is 1.13. The third kappa shape index (κ3) is 2.93. The van der Waals surface area contributed by atoms with Gasteiger partial charge in [-0.05, 0) is 30.4 Å². The lowest BCUT2D eigenvalue weighted by atomic mass is 10.3. The molecule has 1 aromatic rings. The Bertz CT molecular complexity index is 345. The Morgan fingerprint density at radius 1 is 1.57 bits per heavy atom. The molecule has 0 aromatic heterocycles. The second-order valence-corrected chi connectivity index (χ2v) is 3.34. The number of hydrogen-bond donors (Lipinski definition) is 3. The van der Waals surface area contributed by atoms with Gasteiger partial charge in [0.1, 0.15) is 5.75 Å². The molecule has 0 saturated carbocycles. The molecular formula is C8H10ClN3OS. The lowest BCUT2D eigenvalue weighted by Crippen LogP contribution is -2.34. The van der Waals surface area contributed by atoms with Crippen LogP contribution in [0.5, 0.6) is 5.75 Å². The van der Waals surface area contributed by atoms with Crippen molar-refractivity contribution < 1.29 is 4.74 Å². The van der Waals surface area contributed by atoms with E-state index in [1.54, 1.807) is 25.3 Å². The Balaban J connectivity index is 2.82. The van der Waals surface area contributed by atoms with Crippen molar-refractivity contribution >= 4 is 34.6 Å². The predicted molar refractivity (Wildman–Crippen MR) is 61.5 cm³/mol. The van der Waals surface area contributed by atoms with E-state index in [2.05, 4.69) is 23.1 Å². The Kier molecular flexibility index (Phi) is 3.79. The number of thiocarbonyl (C=S) groups is 1. The fraction of sp³-hybridized carbons (Fsp3) is 0.125. The summed E-state index contributed by atoms with van der Waals surface area (Å²) in [6, 6.07) is 5.17. The van der Waals surface area contributed by atoms with Crippen LogP contribution in [-0.2, 0) is 0 Å². The summed E-state index contributed by atoms with van der Waals surface area (Å²) in [6.07, 6.45) is 0. The van der Waals surface area contributed by atoms with Gasteiger partial charge in [0.15, 0.2) is 5.11 Å². The molecule has 76 valence electrons. The first-order valence-electron chi connectivity index (χ1n) is 3.78. The second kappa shape index (κ2) is 4.88. The minimum absolute atomic E-state index is 0.145. The lowest BCUT2D eigenvalue weighted by molar-refractivity contribution is 0.416. The highest BCUT2D eigenvalue weighted by Gasteiger charge is 2.02. The van der Waals surface area contributed by atoms with Crippen molar-refractivity contribution in [2.24, 2.45) is 5.73 Å². The van der Waals surface area contributed by atoms with E-state index in [0.717, 1.165) is 0 Å². The number of hydrogen-bond acceptors (Lipinski definition) is 3. The van der Waals surface area contributed by atoms with Crippen molar-refractivity contribution in [2.45, 2.75) is 0 Å². The molecular weight excluding hydrogens is 222 g/mol. The number of rotatable bonds is 3. The Hall–Kier alpha value is -1.20. The van der Waals surface area contributed by atoms with E-state index in [0.29, 0.717) is 16.5 Å². The summed E-state index contributed by atoms with van der Waals surface area (Å²) in [4.78, 5) is 0. The van der Waals surface area contributed by atoms with Gasteiger partial charge in [-0.25, -0.2) is 0 Å². The maximum Gasteiger partial charge on any atom is 0.182 e. The summed E-state index contributed by atoms with van der Waals surface area (Å²) in [5, 5.41) is 0.741. The zero-order chi connectivity index (χ0) is 10.6. The molecule has 1 aromatic carbocycles. The van der Waals surface area contributed by atoms with E-state index < -0.39 is 0 Å². The van der Waals surface area contributed by atoms with Crippen molar-refractivity contribution in [3.8, 4) is 5.75 Å². The van der Waals surface area contributed by atoms with E-state index in [1.807, 2.05) is 0 Å². The van der Waals surface area contributed by atoms with Crippen LogP contribution in [0.3, 0.4) is 0 Å². The van der Waals surface area contributed by atoms with Crippen LogP contribution in [0.25, 0.3) is 0 Å². The van der Waals surface area contributed by atoms with Crippen LogP contribution in [0, 0.1) is 0 Å². The average Bonchev–Trinajstić information content (AvgIpc) is 2.15. The number of halogens is 1. The van der Waals surface area contributed by atoms with Gasteiger partial charge in [0.05, 0.1) is 12.8 Å². The van der Waals surface area contributed by atoms with Crippen LogP contribution in [0.1, 0.15) is 0 Å². The second-order valence-electron chi connectivity index (χ2n) is 2.46. The topological polar surface area (TPSA) is 59.3 Å². The van der Waals surface area contributed by atoms with Crippen molar-refractivity contribution in [3.63, 3.8) is 0 Å². The molecule has 0 unspecified atom stereocenters. The predicted octanol–water partition coefficient (Wildman–Crippen LogP) is 1.51. The van der Waals surface area contributed by atoms with Crippen LogP contribution in [0.2, 0.25) is 5.02 Å². The zero-order valence-electron chi connectivity index (χ0n) is 7.50. The third-order valence-electron chi connectivity index (χ3n) is 1.48. The molecule has 0 aliphatic rings. The van der Waals surface area contributed by atoms with Crippen LogP contribution >= 0.6 is 23.8 Å². The number of nitrogens with two attached hydrogens (primary N) is 1. The van der Waals surface area contributed by atoms with E-state index >= 15 is 0 Å². The molecule has 0 spiro atoms. The van der Waals surface area contributed by atoms with Gasteiger partial charge in [0.2, 0.25) is 0 Å². The number of ether oxygens (including phenoxy) is 1. The summed E-state index contributed by atoms with van der Waals surface area (Å²) in [5.41, 5.74) is 11.3. The van der Waals surface area contributed by atoms with E-state index in [1.165, 1.54) is 0 Å². The van der Waals surface area contributed by atoms with Gasteiger partial charge >= 0.3 is 0 Å². The monoisotopic (exact) mass is 231 g/mol. The van der Waals surface area contributed by atoms with Crippen molar-refractivity contribution in [1.82, 2.24) is 5.43 Å². The molecule has 0 bridgehead atoms. The highest BCUT2D eigenvalue weighted by atomic mass is 35.5. The maximum absolute atomic E-state index is 5.80. The average molecular weight is 232 g/mol. The standard InChI is InChI=1S/C8H10ClN3OS/c1-13-7-3-2-5(9)4-6(7)11-12-8(10)14/h2-4,11H,1H3,(H3,10,12,14). The first kappa shape index (κ1) is 10.9. The highest BCUT2D eigenvalue weighted by molar-refractivity contribution is 7.80. The van der Waals surface area contributed by atoms with E-state index in [4.69, 9.17) is 22.1 Å². The first-order valence-corrected chi connectivity index (χ1v) is 4.57. The number of nitrogens with one attached hydrogen (secondary N) is 2. The quantitative estimate of drug-likeness (QED) is 0.544. The first-order chi connectivity index (χ1) is 6.63. The van der Waals surface area contributed by atoms with Crippen molar-refractivity contribution in [1.29, 1.82) is 0 Å². The maximum atomic E-state index is 5.80. The smallest absolute Gasteiger partial charge is 0.182 e. The normalized spacial score (nSPS) is 9.29. The largest absolute Gasteiger partial charge is 0.495 e. The molecule has 0 fully saturated rings. The number of anilines is 1. The molecule has 0 heterocycles. The number of methoxy groups -OCH3 is 1. The van der Waals surface area contributed by atoms with Gasteiger partial charge < -0.3 is 10.5 Å². The van der Waals surface area contributed by atoms with Gasteiger partial charge in [-0.1, -0.05) is 11.6 Å². The SMILES string of the molecule is COc1ccc(Cl)cc1NNC(N)=S. The highest BCUT2D eigenvalue weighted by Crippen LogP contribution is 2.26. The van der Waals surface area contributed by atoms with Crippen molar-refractivity contribution in [3.05, 3.63) is 23.2 Å². The van der Waals surface area contributed by atoms with Gasteiger partial charge in [0.25, 0.3) is 0 Å². The molecule has 6 heteroatoms. The third-order valence-corrected chi connectivity index (χ3v) is 1.82. The number of benzene rings is 1. The van der Waals surface area contributed by atoms with Gasteiger partial charge in [-0.15, -0.1) is 0 Å². The molecule has 0 aliphatic heterocycles. The molecule has 0 radical (unpaired) electrons. The molecule has 0 aliphatic carbocycles. The molecule has 4 nitrogen and oxygen atoms in total. The van der Waals surface area contributed by atoms with Crippen LogP contribution in [0.4, 0.5) is 5.69 Å². The lowest BCUT2D eigenvalue weighted by Gasteiger charge is -2.11. The molecule has 4 N–H and O–H groups in total. The minimum Gasteiger partial charge on any atom is -0.495 e. The van der Waals surface area contributed by atoms with E-state index in [9.17, 15) is 0 Å². The Morgan fingerprint density at radius 3 is 2.86 bits per heavy atom. The molecule has 0 saturated heterocycles. The van der Waals surface area contributed by atoms with Gasteiger partial charge in [0, 0.05) is 5.02 Å². The molecule has 0 atom stereocenters. The van der Waals surface area contributed by atoms with Crippen LogP contribution in [0.15, 0.2) is 18.2 Å². The summed E-state index contributed by atoms with van der Waals surface area (Å²) < 4.78 is 5.09. The summed E-state index contributed by atoms with van der Waals surface area (Å²) in [6.45, 7) is 0. The Morgan fingerprint density at radius 2 is 2.29 bits per heavy atom. The van der Waals surface area contributed by atoms with Crippen LogP contribution in [-0.4, -0.2) is 12.2 Å². The molecule has 1 rings (SSSR count). The zero-order valence-corrected chi connectivity index (χ0v) is 9.08. The molecule has 0 amide bonds. The summed E-state index contributed by atoms with van der Waals surface area (Å²) in [5.74, 6) is 0.651. The van der Waals surface area contributed by atoms with Crippen LogP contribution < -0.4 is 21.3 Å². The minimum atomic E-state index is 0.145. The molecule has 14 heavy (non-hydrogen) atoms. The number of hydrazine groups is 1. The van der Waals surface area contributed by atoms with E-state index in [-0.39, 0.29) is 5.11 Å². The Labute approximate surface area is 92.3 Å². The summed E-state index contributed by atoms with van der Waals surface area (Å²) >= 11 is 10.4.